The molecule has 2 rings (SSSR count). The zero-order chi connectivity index (χ0) is 14.9. The van der Waals surface area contributed by atoms with Crippen LogP contribution in [0.5, 0.6) is 0 Å². The second-order valence-electron chi connectivity index (χ2n) is 4.08. The molecule has 5 nitrogen and oxygen atoms in total. The molecule has 1 aromatic carbocycles. The number of benzene rings is 1. The summed E-state index contributed by atoms with van der Waals surface area (Å²) in [6.45, 7) is 1.57. The molecule has 2 N–H and O–H groups in total. The van der Waals surface area contributed by atoms with Crippen LogP contribution in [0.1, 0.15) is 5.56 Å². The van der Waals surface area contributed by atoms with Gasteiger partial charge in [0.1, 0.15) is 15.7 Å². The monoisotopic (exact) mass is 316 g/mol. The number of aromatic nitrogens is 1. The van der Waals surface area contributed by atoms with E-state index in [0.29, 0.717) is 5.56 Å². The fourth-order valence-electron chi connectivity index (χ4n) is 1.54. The molecule has 0 bridgehead atoms. The number of H-pyrrole nitrogens is 1. The van der Waals surface area contributed by atoms with Gasteiger partial charge in [0.25, 0.3) is 15.6 Å². The Labute approximate surface area is 119 Å². The normalized spacial score (nSPS) is 11.3. The first-order chi connectivity index (χ1) is 9.29. The van der Waals surface area contributed by atoms with Gasteiger partial charge in [-0.25, -0.2) is 12.8 Å². The van der Waals surface area contributed by atoms with Crippen molar-refractivity contribution in [1.82, 2.24) is 4.98 Å². The van der Waals surface area contributed by atoms with E-state index in [0.717, 1.165) is 18.3 Å². The van der Waals surface area contributed by atoms with Gasteiger partial charge in [-0.05, 0) is 36.8 Å². The number of hydrogen-bond donors (Lipinski definition) is 2. The summed E-state index contributed by atoms with van der Waals surface area (Å²) in [5.41, 5.74) is 0.0985. The Morgan fingerprint density at radius 3 is 2.60 bits per heavy atom. The molecule has 0 spiro atoms. The minimum atomic E-state index is -3.91. The minimum absolute atomic E-state index is 0.189. The second kappa shape index (κ2) is 5.26. The maximum Gasteiger partial charge on any atom is 0.266 e. The van der Waals surface area contributed by atoms with Crippen molar-refractivity contribution in [1.29, 1.82) is 0 Å². The fraction of sp³-hybridized carbons (Fsp3) is 0.0833. The molecule has 0 aliphatic heterocycles. The molecule has 1 heterocycles. The highest BCUT2D eigenvalue weighted by atomic mass is 35.5. The van der Waals surface area contributed by atoms with Crippen LogP contribution in [0.3, 0.4) is 0 Å². The third-order valence-electron chi connectivity index (χ3n) is 2.57. The number of halogens is 2. The molecule has 0 aliphatic carbocycles. The Bertz CT molecular complexity index is 818. The molecule has 0 radical (unpaired) electrons. The average Bonchev–Trinajstić information content (AvgIpc) is 2.36. The van der Waals surface area contributed by atoms with Crippen LogP contribution in [0, 0.1) is 12.7 Å². The van der Waals surface area contributed by atoms with E-state index in [1.807, 2.05) is 0 Å². The van der Waals surface area contributed by atoms with Crippen molar-refractivity contribution in [3.05, 3.63) is 57.2 Å². The van der Waals surface area contributed by atoms with Gasteiger partial charge in [-0.2, -0.15) is 0 Å². The van der Waals surface area contributed by atoms with Crippen LogP contribution in [0.25, 0.3) is 0 Å². The number of hydrogen-bond acceptors (Lipinski definition) is 3. The highest BCUT2D eigenvalue weighted by molar-refractivity contribution is 7.92. The molecule has 0 fully saturated rings. The van der Waals surface area contributed by atoms with Crippen molar-refractivity contribution in [2.45, 2.75) is 11.8 Å². The predicted octanol–water partition coefficient (Wildman–Crippen LogP) is 2.28. The summed E-state index contributed by atoms with van der Waals surface area (Å²) in [7, 11) is -3.91. The number of aromatic amines is 1. The van der Waals surface area contributed by atoms with E-state index in [1.165, 1.54) is 12.1 Å². The van der Waals surface area contributed by atoms with Gasteiger partial charge >= 0.3 is 0 Å². The van der Waals surface area contributed by atoms with Crippen molar-refractivity contribution >= 4 is 27.3 Å². The quantitative estimate of drug-likeness (QED) is 0.911. The second-order valence-corrected chi connectivity index (χ2v) is 6.17. The van der Waals surface area contributed by atoms with E-state index in [4.69, 9.17) is 11.6 Å². The SMILES string of the molecule is Cc1cc(F)ccc1NS(=O)(=O)c1c[nH]c(=O)c(Cl)c1. The fourth-order valence-corrected chi connectivity index (χ4v) is 2.90. The number of rotatable bonds is 3. The topological polar surface area (TPSA) is 79.0 Å². The highest BCUT2D eigenvalue weighted by Crippen LogP contribution is 2.20. The standard InChI is InChI=1S/C12H10ClFN2O3S/c1-7-4-8(14)2-3-11(7)16-20(18,19)9-5-10(13)12(17)15-6-9/h2-6,16H,1H3,(H,15,17). The van der Waals surface area contributed by atoms with Gasteiger partial charge in [0.15, 0.2) is 0 Å². The number of anilines is 1. The van der Waals surface area contributed by atoms with E-state index < -0.39 is 21.4 Å². The molecular formula is C12H10ClFN2O3S. The zero-order valence-electron chi connectivity index (χ0n) is 10.3. The summed E-state index contributed by atoms with van der Waals surface area (Å²) in [5.74, 6) is -0.461. The summed E-state index contributed by atoms with van der Waals surface area (Å²) in [6.07, 6.45) is 1.04. The molecule has 0 unspecified atom stereocenters. The van der Waals surface area contributed by atoms with Gasteiger partial charge in [0, 0.05) is 6.20 Å². The van der Waals surface area contributed by atoms with Crippen LogP contribution < -0.4 is 10.3 Å². The van der Waals surface area contributed by atoms with Crippen LogP contribution >= 0.6 is 11.6 Å². The molecule has 1 aromatic heterocycles. The van der Waals surface area contributed by atoms with Crippen molar-refractivity contribution < 1.29 is 12.8 Å². The minimum Gasteiger partial charge on any atom is -0.326 e. The summed E-state index contributed by atoms with van der Waals surface area (Å²) in [4.78, 5) is 13.1. The molecule has 0 atom stereocenters. The Hall–Kier alpha value is -1.86. The van der Waals surface area contributed by atoms with Crippen LogP contribution in [-0.2, 0) is 10.0 Å². The van der Waals surface area contributed by atoms with Crippen LogP contribution in [0.4, 0.5) is 10.1 Å². The Balaban J connectivity index is 2.40. The lowest BCUT2D eigenvalue weighted by Crippen LogP contribution is -2.16. The summed E-state index contributed by atoms with van der Waals surface area (Å²) in [6, 6.07) is 4.71. The first kappa shape index (κ1) is 14.5. The number of aryl methyl sites for hydroxylation is 1. The zero-order valence-corrected chi connectivity index (χ0v) is 11.8. The smallest absolute Gasteiger partial charge is 0.266 e. The van der Waals surface area contributed by atoms with E-state index in [2.05, 4.69) is 9.71 Å². The summed E-state index contributed by atoms with van der Waals surface area (Å²) < 4.78 is 39.5. The molecule has 2 aromatic rings. The third-order valence-corrected chi connectivity index (χ3v) is 4.20. The average molecular weight is 317 g/mol. The van der Waals surface area contributed by atoms with Crippen LogP contribution in [0.15, 0.2) is 40.2 Å². The van der Waals surface area contributed by atoms with Crippen molar-refractivity contribution in [2.75, 3.05) is 4.72 Å². The van der Waals surface area contributed by atoms with Crippen molar-refractivity contribution in [3.8, 4) is 0 Å². The van der Waals surface area contributed by atoms with Crippen LogP contribution in [0.2, 0.25) is 5.02 Å². The van der Waals surface area contributed by atoms with E-state index in [1.54, 1.807) is 6.92 Å². The molecule has 0 saturated heterocycles. The number of pyridine rings is 1. The maximum absolute atomic E-state index is 13.0. The first-order valence-electron chi connectivity index (χ1n) is 5.47. The molecule has 20 heavy (non-hydrogen) atoms. The van der Waals surface area contributed by atoms with Crippen molar-refractivity contribution in [3.63, 3.8) is 0 Å². The van der Waals surface area contributed by atoms with Gasteiger partial charge in [0.2, 0.25) is 0 Å². The molecule has 0 saturated carbocycles. The highest BCUT2D eigenvalue weighted by Gasteiger charge is 2.17. The molecule has 106 valence electrons. The molecule has 8 heteroatoms. The van der Waals surface area contributed by atoms with Crippen LogP contribution in [-0.4, -0.2) is 13.4 Å². The van der Waals surface area contributed by atoms with Gasteiger partial charge in [-0.1, -0.05) is 11.6 Å². The largest absolute Gasteiger partial charge is 0.326 e. The Morgan fingerprint density at radius 1 is 1.30 bits per heavy atom. The lowest BCUT2D eigenvalue weighted by Gasteiger charge is -2.10. The lowest BCUT2D eigenvalue weighted by molar-refractivity contribution is 0.600. The third kappa shape index (κ3) is 3.00. The van der Waals surface area contributed by atoms with Gasteiger partial charge in [-0.3, -0.25) is 9.52 Å². The van der Waals surface area contributed by atoms with Gasteiger partial charge in [0.05, 0.1) is 5.69 Å². The summed E-state index contributed by atoms with van der Waals surface area (Å²) in [5, 5.41) is -0.233. The van der Waals surface area contributed by atoms with E-state index in [9.17, 15) is 17.6 Å². The lowest BCUT2D eigenvalue weighted by atomic mass is 10.2. The maximum atomic E-state index is 13.0. The molecule has 0 amide bonds. The van der Waals surface area contributed by atoms with Gasteiger partial charge < -0.3 is 4.98 Å². The van der Waals surface area contributed by atoms with Crippen molar-refractivity contribution in [2.24, 2.45) is 0 Å². The van der Waals surface area contributed by atoms with Gasteiger partial charge in [-0.15, -0.1) is 0 Å². The molecular weight excluding hydrogens is 307 g/mol. The molecule has 0 aliphatic rings. The van der Waals surface area contributed by atoms with E-state index in [-0.39, 0.29) is 15.6 Å². The number of sulfonamides is 1. The predicted molar refractivity (Wildman–Crippen MR) is 74.0 cm³/mol. The Morgan fingerprint density at radius 2 is 2.00 bits per heavy atom. The van der Waals surface area contributed by atoms with E-state index >= 15 is 0 Å². The number of nitrogens with one attached hydrogen (secondary N) is 2. The summed E-state index contributed by atoms with van der Waals surface area (Å²) >= 11 is 5.59. The first-order valence-corrected chi connectivity index (χ1v) is 7.33. The Kier molecular flexibility index (Phi) is 3.82.